The van der Waals surface area contributed by atoms with E-state index in [1.165, 1.54) is 16.5 Å². The summed E-state index contributed by atoms with van der Waals surface area (Å²) in [5, 5.41) is 5.67. The zero-order valence-electron chi connectivity index (χ0n) is 23.0. The summed E-state index contributed by atoms with van der Waals surface area (Å²) in [7, 11) is 0. The molecule has 0 unspecified atom stereocenters. The van der Waals surface area contributed by atoms with E-state index in [9.17, 15) is 4.79 Å². The maximum Gasteiger partial charge on any atom is 0.410 e. The molecule has 4 heterocycles. The number of aromatic nitrogens is 2. The molecule has 2 aliphatic rings. The number of pyridine rings is 2. The third-order valence-electron chi connectivity index (χ3n) is 6.78. The van der Waals surface area contributed by atoms with Crippen LogP contribution in [0.1, 0.15) is 45.0 Å². The minimum atomic E-state index is -0.457. The van der Waals surface area contributed by atoms with Gasteiger partial charge >= 0.3 is 6.09 Å². The molecule has 4 aromatic rings. The molecule has 2 aliphatic heterocycles. The Kier molecular flexibility index (Phi) is 8.03. The van der Waals surface area contributed by atoms with Crippen LogP contribution in [-0.4, -0.2) is 52.7 Å². The molecule has 0 fully saturated rings. The van der Waals surface area contributed by atoms with Crippen LogP contribution in [0, 0.1) is 0 Å². The summed E-state index contributed by atoms with van der Waals surface area (Å²) in [6.07, 6.45) is 5.93. The Balaban J connectivity index is 0.000000168. The van der Waals surface area contributed by atoms with Gasteiger partial charge in [-0.2, -0.15) is 0 Å². The fourth-order valence-corrected chi connectivity index (χ4v) is 4.74. The van der Waals surface area contributed by atoms with Gasteiger partial charge in [-0.3, -0.25) is 0 Å². The second-order valence-electron chi connectivity index (χ2n) is 10.9. The molecular weight excluding hydrogens is 484 g/mol. The predicted octanol–water partition coefficient (Wildman–Crippen LogP) is 6.87. The van der Waals surface area contributed by atoms with E-state index in [4.69, 9.17) is 14.7 Å². The Labute approximate surface area is 230 Å². The van der Waals surface area contributed by atoms with Gasteiger partial charge in [0, 0.05) is 30.4 Å². The summed E-state index contributed by atoms with van der Waals surface area (Å²) in [5.74, 6) is 0. The number of ether oxygens (including phenoxy) is 1. The summed E-state index contributed by atoms with van der Waals surface area (Å²) in [6, 6.07) is 24.8. The Hall–Kier alpha value is -4.03. The summed E-state index contributed by atoms with van der Waals surface area (Å²) in [6.45, 7) is 8.90. The molecule has 0 saturated carbocycles. The van der Waals surface area contributed by atoms with Crippen molar-refractivity contribution in [1.29, 1.82) is 0 Å². The Morgan fingerprint density at radius 3 is 1.90 bits per heavy atom. The lowest BCUT2D eigenvalue weighted by Gasteiger charge is -2.29. The molecule has 1 N–H and O–H groups in total. The first kappa shape index (κ1) is 26.6. The third kappa shape index (κ3) is 6.89. The van der Waals surface area contributed by atoms with Crippen LogP contribution in [-0.2, 0) is 4.74 Å². The lowest BCUT2D eigenvalue weighted by atomic mass is 10.0. The molecule has 0 saturated heterocycles. The van der Waals surface area contributed by atoms with E-state index in [1.807, 2.05) is 51.1 Å². The Morgan fingerprint density at radius 1 is 0.795 bits per heavy atom. The van der Waals surface area contributed by atoms with Gasteiger partial charge in [-0.15, -0.1) is 0 Å². The molecule has 39 heavy (non-hydrogen) atoms. The van der Waals surface area contributed by atoms with Crippen LogP contribution in [0.25, 0.3) is 33.0 Å². The van der Waals surface area contributed by atoms with E-state index in [1.54, 1.807) is 4.90 Å². The smallest absolute Gasteiger partial charge is 0.410 e. The predicted molar refractivity (Wildman–Crippen MR) is 159 cm³/mol. The van der Waals surface area contributed by atoms with Crippen molar-refractivity contribution in [2.24, 2.45) is 0 Å². The zero-order valence-corrected chi connectivity index (χ0v) is 23.0. The normalized spacial score (nSPS) is 15.7. The molecule has 2 aromatic heterocycles. The van der Waals surface area contributed by atoms with Crippen molar-refractivity contribution in [1.82, 2.24) is 20.2 Å². The van der Waals surface area contributed by atoms with Gasteiger partial charge in [0.2, 0.25) is 0 Å². The number of amides is 1. The van der Waals surface area contributed by atoms with Crippen molar-refractivity contribution < 1.29 is 9.53 Å². The highest BCUT2D eigenvalue weighted by Crippen LogP contribution is 2.24. The summed E-state index contributed by atoms with van der Waals surface area (Å²) >= 11 is 0. The minimum absolute atomic E-state index is 0.251. The van der Waals surface area contributed by atoms with Crippen LogP contribution >= 0.6 is 0 Å². The molecule has 2 aromatic carbocycles. The highest BCUT2D eigenvalue weighted by molar-refractivity contribution is 5.82. The molecule has 200 valence electrons. The maximum atomic E-state index is 12.1. The number of para-hydroxylation sites is 2. The van der Waals surface area contributed by atoms with Crippen molar-refractivity contribution in [3.8, 4) is 0 Å². The van der Waals surface area contributed by atoms with Crippen molar-refractivity contribution in [3.63, 3.8) is 0 Å². The van der Waals surface area contributed by atoms with Crippen LogP contribution < -0.4 is 5.32 Å². The number of carbonyl (C=O) groups is 1. The van der Waals surface area contributed by atoms with Crippen LogP contribution in [0.2, 0.25) is 0 Å². The lowest BCUT2D eigenvalue weighted by Crippen LogP contribution is -2.39. The van der Waals surface area contributed by atoms with Crippen molar-refractivity contribution in [3.05, 3.63) is 96.3 Å². The Bertz CT molecular complexity index is 1530. The molecule has 1 amide bonds. The standard InChI is InChI=1S/C19H22N2O2.C14H14N2/c1-19(2,3)23-18(22)21-12-10-15(11-13-21)17-9-8-14-6-4-5-7-16(14)20-17;1-2-4-13-11(3-1)5-6-14(16-13)12-7-9-15-10-8-12/h4-10H,11-13H2,1-3H3;1-7,15H,8-10H2. The van der Waals surface area contributed by atoms with E-state index < -0.39 is 5.60 Å². The molecule has 6 rings (SSSR count). The van der Waals surface area contributed by atoms with Crippen molar-refractivity contribution >= 4 is 39.0 Å². The van der Waals surface area contributed by atoms with Crippen LogP contribution in [0.3, 0.4) is 0 Å². The van der Waals surface area contributed by atoms with Gasteiger partial charge in [-0.05, 0) is 75.6 Å². The average Bonchev–Trinajstić information content (AvgIpc) is 2.97. The largest absolute Gasteiger partial charge is 0.444 e. The molecular formula is C33H36N4O2. The fourth-order valence-electron chi connectivity index (χ4n) is 4.74. The lowest BCUT2D eigenvalue weighted by molar-refractivity contribution is 0.0270. The summed E-state index contributed by atoms with van der Waals surface area (Å²) in [5.41, 5.74) is 6.30. The van der Waals surface area contributed by atoms with E-state index in [2.05, 4.69) is 59.9 Å². The Morgan fingerprint density at radius 2 is 1.38 bits per heavy atom. The van der Waals surface area contributed by atoms with Crippen molar-refractivity contribution in [2.45, 2.75) is 39.2 Å². The van der Waals surface area contributed by atoms with Gasteiger partial charge < -0.3 is 15.0 Å². The number of benzene rings is 2. The van der Waals surface area contributed by atoms with E-state index in [-0.39, 0.29) is 6.09 Å². The third-order valence-corrected chi connectivity index (χ3v) is 6.78. The molecule has 0 bridgehead atoms. The van der Waals surface area contributed by atoms with Crippen molar-refractivity contribution in [2.75, 3.05) is 26.2 Å². The van der Waals surface area contributed by atoms with Gasteiger partial charge in [0.05, 0.1) is 22.4 Å². The van der Waals surface area contributed by atoms with E-state index in [0.717, 1.165) is 53.7 Å². The number of rotatable bonds is 2. The highest BCUT2D eigenvalue weighted by atomic mass is 16.6. The van der Waals surface area contributed by atoms with E-state index in [0.29, 0.717) is 13.1 Å². The monoisotopic (exact) mass is 520 g/mol. The molecule has 0 spiro atoms. The minimum Gasteiger partial charge on any atom is -0.444 e. The highest BCUT2D eigenvalue weighted by Gasteiger charge is 2.24. The molecule has 0 radical (unpaired) electrons. The molecule has 0 aliphatic carbocycles. The first-order chi connectivity index (χ1) is 18.9. The number of nitrogens with one attached hydrogen (secondary N) is 1. The summed E-state index contributed by atoms with van der Waals surface area (Å²) < 4.78 is 5.42. The second kappa shape index (κ2) is 11.8. The number of hydrogen-bond acceptors (Lipinski definition) is 5. The van der Waals surface area contributed by atoms with Gasteiger partial charge in [-0.1, -0.05) is 60.7 Å². The first-order valence-corrected chi connectivity index (χ1v) is 13.6. The zero-order chi connectivity index (χ0) is 27.2. The van der Waals surface area contributed by atoms with Gasteiger partial charge in [0.1, 0.15) is 5.60 Å². The first-order valence-electron chi connectivity index (χ1n) is 13.6. The quantitative estimate of drug-likeness (QED) is 0.312. The van der Waals surface area contributed by atoms with Crippen LogP contribution in [0.15, 0.2) is 84.9 Å². The van der Waals surface area contributed by atoms with Gasteiger partial charge in [-0.25, -0.2) is 14.8 Å². The molecule has 6 nitrogen and oxygen atoms in total. The molecule has 6 heteroatoms. The number of hydrogen-bond donors (Lipinski definition) is 1. The fraction of sp³-hybridized carbons (Fsp3) is 0.303. The van der Waals surface area contributed by atoms with E-state index >= 15 is 0 Å². The maximum absolute atomic E-state index is 12.1. The average molecular weight is 521 g/mol. The topological polar surface area (TPSA) is 67.4 Å². The number of nitrogens with zero attached hydrogens (tertiary/aromatic N) is 3. The summed E-state index contributed by atoms with van der Waals surface area (Å²) in [4.78, 5) is 23.3. The van der Waals surface area contributed by atoms with Crippen LogP contribution in [0.5, 0.6) is 0 Å². The van der Waals surface area contributed by atoms with Gasteiger partial charge in [0.15, 0.2) is 0 Å². The number of fused-ring (bicyclic) bond motifs is 2. The second-order valence-corrected chi connectivity index (χ2v) is 10.9. The van der Waals surface area contributed by atoms with Gasteiger partial charge in [0.25, 0.3) is 0 Å². The molecule has 0 atom stereocenters. The SMILES string of the molecule is C1=C(c2ccc3ccccc3n2)CCNC1.CC(C)(C)OC(=O)N1CC=C(c2ccc3ccccc3n2)CC1. The number of carbonyl (C=O) groups excluding carboxylic acids is 1. The van der Waals surface area contributed by atoms with Crippen LogP contribution in [0.4, 0.5) is 4.79 Å².